The van der Waals surface area contributed by atoms with Gasteiger partial charge in [-0.25, -0.2) is 0 Å². The second kappa shape index (κ2) is 8.60. The second-order valence-electron chi connectivity index (χ2n) is 8.36. The lowest BCUT2D eigenvalue weighted by atomic mass is 9.77. The van der Waals surface area contributed by atoms with Crippen molar-refractivity contribution in [1.82, 2.24) is 10.2 Å². The molecule has 6 heteroatoms. The molecule has 4 nitrogen and oxygen atoms in total. The number of hydrogen-bond donors (Lipinski definition) is 1. The number of rotatable bonds is 3. The Labute approximate surface area is 187 Å². The van der Waals surface area contributed by atoms with Gasteiger partial charge in [-0.05, 0) is 42.2 Å². The standard InChI is InChI=1S/C24H26Cl2N2O2/c1-14-17-7-3-4-8-18(17)24(30)28(22-10-6-5-9-21(22)27-15(2)29)23(14)19-12-11-16(25)13-20(19)26/h3-4,7-8,11-14,21-23H,5-6,9-10H2,1-2H3,(H,27,29)/t14-,21+,22+,23-/m1/s1. The molecule has 0 spiro atoms. The summed E-state index contributed by atoms with van der Waals surface area (Å²) in [6.45, 7) is 3.68. The summed E-state index contributed by atoms with van der Waals surface area (Å²) in [6, 6.07) is 12.9. The van der Waals surface area contributed by atoms with Gasteiger partial charge in [-0.3, -0.25) is 9.59 Å². The molecule has 2 aromatic rings. The van der Waals surface area contributed by atoms with Crippen LogP contribution in [0.2, 0.25) is 10.0 Å². The monoisotopic (exact) mass is 444 g/mol. The summed E-state index contributed by atoms with van der Waals surface area (Å²) in [7, 11) is 0. The lowest BCUT2D eigenvalue weighted by molar-refractivity contribution is -0.120. The highest BCUT2D eigenvalue weighted by Crippen LogP contribution is 2.47. The molecule has 0 radical (unpaired) electrons. The third-order valence-corrected chi connectivity index (χ3v) is 7.01. The first kappa shape index (κ1) is 21.2. The zero-order valence-corrected chi connectivity index (χ0v) is 18.7. The number of amides is 2. The molecule has 2 amide bonds. The lowest BCUT2D eigenvalue weighted by Gasteiger charge is -2.49. The van der Waals surface area contributed by atoms with Gasteiger partial charge in [0.15, 0.2) is 0 Å². The largest absolute Gasteiger partial charge is 0.352 e. The fourth-order valence-electron chi connectivity index (χ4n) is 5.16. The van der Waals surface area contributed by atoms with Crippen LogP contribution in [0.1, 0.15) is 73.0 Å². The minimum atomic E-state index is -0.225. The Hall–Kier alpha value is -2.04. The summed E-state index contributed by atoms with van der Waals surface area (Å²) in [5, 5.41) is 4.22. The van der Waals surface area contributed by atoms with E-state index < -0.39 is 0 Å². The highest BCUT2D eigenvalue weighted by molar-refractivity contribution is 6.35. The summed E-state index contributed by atoms with van der Waals surface area (Å²) in [5.74, 6) is -0.00895. The Balaban J connectivity index is 1.85. The van der Waals surface area contributed by atoms with Crippen LogP contribution in [-0.2, 0) is 4.79 Å². The van der Waals surface area contributed by atoms with Crippen molar-refractivity contribution in [3.05, 3.63) is 69.2 Å². The minimum absolute atomic E-state index is 0.00182. The molecule has 0 unspecified atom stereocenters. The number of nitrogens with one attached hydrogen (secondary N) is 1. The fourth-order valence-corrected chi connectivity index (χ4v) is 5.68. The van der Waals surface area contributed by atoms with Crippen LogP contribution in [0.4, 0.5) is 0 Å². The Morgan fingerprint density at radius 2 is 1.80 bits per heavy atom. The highest BCUT2D eigenvalue weighted by Gasteiger charge is 2.45. The Bertz CT molecular complexity index is 977. The highest BCUT2D eigenvalue weighted by atomic mass is 35.5. The van der Waals surface area contributed by atoms with Gasteiger partial charge in [-0.15, -0.1) is 0 Å². The molecule has 2 aliphatic rings. The molecule has 1 aliphatic carbocycles. The van der Waals surface area contributed by atoms with E-state index in [1.165, 1.54) is 6.92 Å². The summed E-state index contributed by atoms with van der Waals surface area (Å²) in [4.78, 5) is 27.7. The van der Waals surface area contributed by atoms with Gasteiger partial charge in [0.05, 0.1) is 12.1 Å². The molecule has 1 fully saturated rings. The first-order chi connectivity index (χ1) is 14.4. The smallest absolute Gasteiger partial charge is 0.255 e. The maximum absolute atomic E-state index is 13.8. The number of halogens is 2. The van der Waals surface area contributed by atoms with Gasteiger partial charge in [-0.2, -0.15) is 0 Å². The number of fused-ring (bicyclic) bond motifs is 1. The van der Waals surface area contributed by atoms with Crippen LogP contribution in [0, 0.1) is 0 Å². The van der Waals surface area contributed by atoms with E-state index in [9.17, 15) is 9.59 Å². The molecule has 1 aliphatic heterocycles. The number of carbonyl (C=O) groups excluding carboxylic acids is 2. The van der Waals surface area contributed by atoms with E-state index in [0.717, 1.165) is 42.4 Å². The maximum Gasteiger partial charge on any atom is 0.255 e. The van der Waals surface area contributed by atoms with Gasteiger partial charge in [0, 0.05) is 34.5 Å². The third kappa shape index (κ3) is 3.83. The van der Waals surface area contributed by atoms with Crippen molar-refractivity contribution >= 4 is 35.0 Å². The predicted molar refractivity (Wildman–Crippen MR) is 120 cm³/mol. The van der Waals surface area contributed by atoms with Crippen molar-refractivity contribution in [3.8, 4) is 0 Å². The van der Waals surface area contributed by atoms with Gasteiger partial charge in [0.2, 0.25) is 5.91 Å². The molecule has 0 bridgehead atoms. The van der Waals surface area contributed by atoms with Crippen LogP contribution in [0.15, 0.2) is 42.5 Å². The average molecular weight is 445 g/mol. The Morgan fingerprint density at radius 1 is 1.07 bits per heavy atom. The SMILES string of the molecule is CC(=O)N[C@H]1CCCC[C@@H]1N1C(=O)c2ccccc2[C@@H](C)[C@@H]1c1ccc(Cl)cc1Cl. The second-order valence-corrected chi connectivity index (χ2v) is 9.20. The van der Waals surface area contributed by atoms with Crippen LogP contribution < -0.4 is 5.32 Å². The zero-order chi connectivity index (χ0) is 21.4. The van der Waals surface area contributed by atoms with Crippen LogP contribution in [-0.4, -0.2) is 28.8 Å². The molecule has 4 rings (SSSR count). The van der Waals surface area contributed by atoms with Crippen LogP contribution in [0.5, 0.6) is 0 Å². The molecule has 1 saturated carbocycles. The molecular formula is C24H26Cl2N2O2. The number of benzene rings is 2. The summed E-state index contributed by atoms with van der Waals surface area (Å²) in [6.07, 6.45) is 3.79. The minimum Gasteiger partial charge on any atom is -0.352 e. The van der Waals surface area contributed by atoms with Crippen molar-refractivity contribution in [2.45, 2.75) is 63.6 Å². The molecule has 4 atom stereocenters. The van der Waals surface area contributed by atoms with Crippen LogP contribution in [0.3, 0.4) is 0 Å². The first-order valence-electron chi connectivity index (χ1n) is 10.5. The molecular weight excluding hydrogens is 419 g/mol. The first-order valence-corrected chi connectivity index (χ1v) is 11.3. The molecule has 2 aromatic carbocycles. The molecule has 0 saturated heterocycles. The van der Waals surface area contributed by atoms with E-state index >= 15 is 0 Å². The number of nitrogens with zero attached hydrogens (tertiary/aromatic N) is 1. The van der Waals surface area contributed by atoms with Gasteiger partial charge < -0.3 is 10.2 Å². The van der Waals surface area contributed by atoms with E-state index in [0.29, 0.717) is 10.0 Å². The quantitative estimate of drug-likeness (QED) is 0.655. The van der Waals surface area contributed by atoms with Crippen molar-refractivity contribution in [1.29, 1.82) is 0 Å². The van der Waals surface area contributed by atoms with Crippen molar-refractivity contribution in [3.63, 3.8) is 0 Å². The van der Waals surface area contributed by atoms with Crippen molar-refractivity contribution < 1.29 is 9.59 Å². The average Bonchev–Trinajstić information content (AvgIpc) is 2.71. The molecule has 1 N–H and O–H groups in total. The van der Waals surface area contributed by atoms with E-state index in [1.807, 2.05) is 41.3 Å². The van der Waals surface area contributed by atoms with Gasteiger partial charge in [0.1, 0.15) is 0 Å². The summed E-state index contributed by atoms with van der Waals surface area (Å²) in [5.41, 5.74) is 2.66. The van der Waals surface area contributed by atoms with E-state index in [4.69, 9.17) is 23.2 Å². The number of hydrogen-bond acceptors (Lipinski definition) is 2. The summed E-state index contributed by atoms with van der Waals surface area (Å²) >= 11 is 12.8. The zero-order valence-electron chi connectivity index (χ0n) is 17.2. The summed E-state index contributed by atoms with van der Waals surface area (Å²) < 4.78 is 0. The third-order valence-electron chi connectivity index (χ3n) is 6.45. The van der Waals surface area contributed by atoms with Gasteiger partial charge in [0.25, 0.3) is 5.91 Å². The van der Waals surface area contributed by atoms with Crippen molar-refractivity contribution in [2.75, 3.05) is 0 Å². The van der Waals surface area contributed by atoms with E-state index in [1.54, 1.807) is 6.07 Å². The van der Waals surface area contributed by atoms with E-state index in [2.05, 4.69) is 12.2 Å². The molecule has 30 heavy (non-hydrogen) atoms. The van der Waals surface area contributed by atoms with Crippen LogP contribution in [0.25, 0.3) is 0 Å². The molecule has 0 aromatic heterocycles. The fraction of sp³-hybridized carbons (Fsp3) is 0.417. The lowest BCUT2D eigenvalue weighted by Crippen LogP contribution is -2.57. The van der Waals surface area contributed by atoms with Crippen molar-refractivity contribution in [2.24, 2.45) is 0 Å². The maximum atomic E-state index is 13.8. The molecule has 158 valence electrons. The molecule has 1 heterocycles. The number of carbonyl (C=O) groups is 2. The van der Waals surface area contributed by atoms with Gasteiger partial charge >= 0.3 is 0 Å². The Morgan fingerprint density at radius 3 is 2.53 bits per heavy atom. The van der Waals surface area contributed by atoms with Crippen LogP contribution >= 0.6 is 23.2 Å². The topological polar surface area (TPSA) is 49.4 Å². The normalized spacial score (nSPS) is 26.3. The van der Waals surface area contributed by atoms with Gasteiger partial charge in [-0.1, -0.05) is 67.2 Å². The predicted octanol–water partition coefficient (Wildman–Crippen LogP) is 5.74. The van der Waals surface area contributed by atoms with E-state index in [-0.39, 0.29) is 35.9 Å². The Kier molecular flexibility index (Phi) is 6.08.